The molecule has 0 N–H and O–H groups in total. The molecule has 8 heteroatoms. The van der Waals surface area contributed by atoms with E-state index in [1.54, 1.807) is 7.11 Å². The molecule has 0 amide bonds. The second-order valence-electron chi connectivity index (χ2n) is 8.78. The van der Waals surface area contributed by atoms with Crippen LogP contribution in [0.5, 0.6) is 5.75 Å². The third-order valence-corrected chi connectivity index (χ3v) is 6.86. The molecule has 5 heterocycles. The molecule has 2 fully saturated rings. The summed E-state index contributed by atoms with van der Waals surface area (Å²) in [5, 5.41) is 5.66. The highest BCUT2D eigenvalue weighted by molar-refractivity contribution is 5.98. The second kappa shape index (κ2) is 7.72. The third kappa shape index (κ3) is 3.27. The fourth-order valence-electron chi connectivity index (χ4n) is 4.79. The minimum absolute atomic E-state index is 0.644. The maximum Gasteiger partial charge on any atom is 0.162 e. The van der Waals surface area contributed by atoms with Crippen LogP contribution in [0.4, 0.5) is 5.69 Å². The number of methoxy groups -OCH3 is 1. The van der Waals surface area contributed by atoms with Crippen LogP contribution in [0.3, 0.4) is 0 Å². The normalized spacial score (nSPS) is 18.4. The van der Waals surface area contributed by atoms with Crippen LogP contribution in [-0.2, 0) is 0 Å². The zero-order valence-electron chi connectivity index (χ0n) is 18.5. The van der Waals surface area contributed by atoms with Gasteiger partial charge < -0.3 is 14.5 Å². The number of fused-ring (bicyclic) bond motifs is 2. The van der Waals surface area contributed by atoms with Gasteiger partial charge in [0.05, 0.1) is 36.9 Å². The zero-order valence-corrected chi connectivity index (χ0v) is 18.5. The van der Waals surface area contributed by atoms with Gasteiger partial charge in [0.2, 0.25) is 0 Å². The molecule has 2 saturated heterocycles. The van der Waals surface area contributed by atoms with Crippen molar-refractivity contribution in [2.75, 3.05) is 58.3 Å². The van der Waals surface area contributed by atoms with Crippen LogP contribution in [0.1, 0.15) is 0 Å². The van der Waals surface area contributed by atoms with Gasteiger partial charge in [-0.25, -0.2) is 9.50 Å². The van der Waals surface area contributed by atoms with E-state index in [9.17, 15) is 0 Å². The van der Waals surface area contributed by atoms with Crippen LogP contribution in [0.15, 0.2) is 49.1 Å². The largest absolute Gasteiger partial charge is 0.497 e. The molecule has 0 radical (unpaired) electrons. The van der Waals surface area contributed by atoms with E-state index in [2.05, 4.69) is 38.0 Å². The first kappa shape index (κ1) is 19.5. The highest BCUT2D eigenvalue weighted by atomic mass is 16.5. The Bertz CT molecular complexity index is 1270. The van der Waals surface area contributed by atoms with Crippen molar-refractivity contribution >= 4 is 22.2 Å². The Morgan fingerprint density at radius 2 is 1.81 bits per heavy atom. The number of benzene rings is 1. The van der Waals surface area contributed by atoms with Crippen LogP contribution in [-0.4, -0.2) is 88.8 Å². The van der Waals surface area contributed by atoms with E-state index in [1.807, 2.05) is 47.4 Å². The fourth-order valence-corrected chi connectivity index (χ4v) is 4.79. The first-order valence-electron chi connectivity index (χ1n) is 11.1. The van der Waals surface area contributed by atoms with Crippen LogP contribution in [0, 0.1) is 0 Å². The van der Waals surface area contributed by atoms with E-state index >= 15 is 0 Å². The Labute approximate surface area is 187 Å². The van der Waals surface area contributed by atoms with Crippen LogP contribution in [0.25, 0.3) is 27.7 Å². The van der Waals surface area contributed by atoms with Gasteiger partial charge in [0.15, 0.2) is 5.65 Å². The summed E-state index contributed by atoms with van der Waals surface area (Å²) in [5.74, 6) is 0.811. The van der Waals surface area contributed by atoms with Crippen molar-refractivity contribution in [2.24, 2.45) is 0 Å². The quantitative estimate of drug-likeness (QED) is 0.494. The average Bonchev–Trinajstić information content (AvgIpc) is 3.22. The van der Waals surface area contributed by atoms with Crippen molar-refractivity contribution in [3.8, 4) is 16.9 Å². The molecule has 164 valence electrons. The van der Waals surface area contributed by atoms with E-state index in [-0.39, 0.29) is 0 Å². The SMILES string of the molecule is COc1ccc2nccc(-c3cnn4cc(N5CC(N6CCN(C)CC6)C5)cnc34)c2c1. The number of hydrogen-bond donors (Lipinski definition) is 0. The summed E-state index contributed by atoms with van der Waals surface area (Å²) < 4.78 is 7.31. The van der Waals surface area contributed by atoms with Crippen LogP contribution < -0.4 is 9.64 Å². The number of likely N-dealkylation sites (N-methyl/N-ethyl adjacent to an activating group) is 1. The van der Waals surface area contributed by atoms with E-state index in [4.69, 9.17) is 9.72 Å². The highest BCUT2D eigenvalue weighted by Crippen LogP contribution is 2.33. The Morgan fingerprint density at radius 3 is 2.62 bits per heavy atom. The number of pyridine rings is 1. The molecule has 0 saturated carbocycles. The van der Waals surface area contributed by atoms with Gasteiger partial charge >= 0.3 is 0 Å². The summed E-state index contributed by atoms with van der Waals surface area (Å²) in [7, 11) is 3.88. The molecule has 6 rings (SSSR count). The highest BCUT2D eigenvalue weighted by Gasteiger charge is 2.33. The fraction of sp³-hybridized carbons (Fsp3) is 0.375. The predicted molar refractivity (Wildman–Crippen MR) is 125 cm³/mol. The second-order valence-corrected chi connectivity index (χ2v) is 8.78. The monoisotopic (exact) mass is 429 g/mol. The van der Waals surface area contributed by atoms with Crippen molar-refractivity contribution in [1.82, 2.24) is 29.4 Å². The molecule has 0 unspecified atom stereocenters. The van der Waals surface area contributed by atoms with Crippen molar-refractivity contribution in [1.29, 1.82) is 0 Å². The van der Waals surface area contributed by atoms with Gasteiger partial charge in [-0.05, 0) is 36.9 Å². The summed E-state index contributed by atoms with van der Waals surface area (Å²) in [5.41, 5.74) is 4.95. The number of hydrogen-bond acceptors (Lipinski definition) is 7. The molecule has 0 spiro atoms. The van der Waals surface area contributed by atoms with Gasteiger partial charge in [-0.2, -0.15) is 5.10 Å². The summed E-state index contributed by atoms with van der Waals surface area (Å²) in [6.07, 6.45) is 7.80. The van der Waals surface area contributed by atoms with Gasteiger partial charge in [0.1, 0.15) is 5.75 Å². The first-order valence-corrected chi connectivity index (χ1v) is 11.1. The molecule has 0 bridgehead atoms. The van der Waals surface area contributed by atoms with E-state index in [0.717, 1.165) is 65.3 Å². The summed E-state index contributed by atoms with van der Waals surface area (Å²) in [4.78, 5) is 16.7. The van der Waals surface area contributed by atoms with Crippen LogP contribution >= 0.6 is 0 Å². The number of piperazine rings is 1. The average molecular weight is 430 g/mol. The number of nitrogens with zero attached hydrogens (tertiary/aromatic N) is 7. The minimum atomic E-state index is 0.644. The third-order valence-electron chi connectivity index (χ3n) is 6.86. The van der Waals surface area contributed by atoms with Crippen molar-refractivity contribution < 1.29 is 4.74 Å². The Balaban J connectivity index is 1.26. The molecule has 8 nitrogen and oxygen atoms in total. The molecule has 0 atom stereocenters. The molecule has 2 aliphatic heterocycles. The molecule has 1 aromatic carbocycles. The maximum atomic E-state index is 5.43. The molecule has 32 heavy (non-hydrogen) atoms. The lowest BCUT2D eigenvalue weighted by Crippen LogP contribution is -2.63. The van der Waals surface area contributed by atoms with Crippen LogP contribution in [0.2, 0.25) is 0 Å². The number of ether oxygens (including phenoxy) is 1. The number of aromatic nitrogens is 4. The molecule has 4 aromatic rings. The molecule has 2 aliphatic rings. The number of anilines is 1. The lowest BCUT2D eigenvalue weighted by Gasteiger charge is -2.48. The zero-order chi connectivity index (χ0) is 21.7. The Hall–Kier alpha value is -3.23. The molecular weight excluding hydrogens is 402 g/mol. The van der Waals surface area contributed by atoms with Gasteiger partial charge in [-0.15, -0.1) is 0 Å². The topological polar surface area (TPSA) is 62.0 Å². The van der Waals surface area contributed by atoms with Gasteiger partial charge in [-0.3, -0.25) is 9.88 Å². The molecule has 0 aliphatic carbocycles. The predicted octanol–water partition coefficient (Wildman–Crippen LogP) is 2.39. The van der Waals surface area contributed by atoms with E-state index < -0.39 is 0 Å². The Morgan fingerprint density at radius 1 is 0.969 bits per heavy atom. The van der Waals surface area contributed by atoms with Crippen molar-refractivity contribution in [3.05, 3.63) is 49.1 Å². The standard InChI is InChI=1S/C24H27N7O/c1-28-7-9-29(10-8-28)18-14-30(15-18)17-12-26-24-22(13-27-31(24)16-17)20-5-6-25-23-4-3-19(32-2)11-21(20)23/h3-6,11-13,16,18H,7-10,14-15H2,1-2H3. The Kier molecular flexibility index (Phi) is 4.69. The minimum Gasteiger partial charge on any atom is -0.497 e. The maximum absolute atomic E-state index is 5.43. The summed E-state index contributed by atoms with van der Waals surface area (Å²) in [6.45, 7) is 6.77. The van der Waals surface area contributed by atoms with Crippen molar-refractivity contribution in [2.45, 2.75) is 6.04 Å². The number of rotatable bonds is 4. The van der Waals surface area contributed by atoms with Gasteiger partial charge in [-0.1, -0.05) is 0 Å². The molecule has 3 aromatic heterocycles. The van der Waals surface area contributed by atoms with Gasteiger partial charge in [0, 0.05) is 62.5 Å². The lowest BCUT2D eigenvalue weighted by molar-refractivity contribution is 0.0963. The molecular formula is C24H27N7O. The smallest absolute Gasteiger partial charge is 0.162 e. The summed E-state index contributed by atoms with van der Waals surface area (Å²) in [6, 6.07) is 8.60. The van der Waals surface area contributed by atoms with Gasteiger partial charge in [0.25, 0.3) is 0 Å². The first-order chi connectivity index (χ1) is 15.7. The lowest BCUT2D eigenvalue weighted by atomic mass is 10.0. The summed E-state index contributed by atoms with van der Waals surface area (Å²) >= 11 is 0. The van der Waals surface area contributed by atoms with E-state index in [1.165, 1.54) is 13.1 Å². The van der Waals surface area contributed by atoms with Crippen molar-refractivity contribution in [3.63, 3.8) is 0 Å². The van der Waals surface area contributed by atoms with E-state index in [0.29, 0.717) is 6.04 Å².